The number of non-ortho nitro benzene ring substituents is 1. The highest BCUT2D eigenvalue weighted by atomic mass is 16.6. The van der Waals surface area contributed by atoms with Crippen LogP contribution in [0.1, 0.15) is 46.4 Å². The summed E-state index contributed by atoms with van der Waals surface area (Å²) < 4.78 is 5.70. The number of nitrogens with one attached hydrogen (secondary N) is 1. The molecule has 1 saturated heterocycles. The number of hydrogen-bond donors (Lipinski definition) is 2. The Morgan fingerprint density at radius 1 is 1.21 bits per heavy atom. The van der Waals surface area contributed by atoms with Crippen LogP contribution in [-0.2, 0) is 4.74 Å². The Hall–Kier alpha value is -2.48. The highest BCUT2D eigenvalue weighted by Gasteiger charge is 2.36. The van der Waals surface area contributed by atoms with Gasteiger partial charge < -0.3 is 15.2 Å². The predicted octanol–water partition coefficient (Wildman–Crippen LogP) is 1.98. The summed E-state index contributed by atoms with van der Waals surface area (Å²) in [7, 11) is 0. The molecule has 0 aromatic heterocycles. The number of carbonyl (C=O) groups excluding carboxylic acids is 1. The Bertz CT molecular complexity index is 653. The average Bonchev–Trinajstić information content (AvgIpc) is 3.39. The molecule has 1 saturated carbocycles. The zero-order valence-electron chi connectivity index (χ0n) is 12.9. The third-order valence-electron chi connectivity index (χ3n) is 4.44. The van der Waals surface area contributed by atoms with Gasteiger partial charge in [0.05, 0.1) is 16.6 Å². The van der Waals surface area contributed by atoms with E-state index in [4.69, 9.17) is 9.84 Å². The molecule has 128 valence electrons. The summed E-state index contributed by atoms with van der Waals surface area (Å²) in [6.07, 6.45) is 3.85. The van der Waals surface area contributed by atoms with E-state index in [2.05, 4.69) is 5.32 Å². The van der Waals surface area contributed by atoms with Crippen LogP contribution in [0.15, 0.2) is 18.2 Å². The van der Waals surface area contributed by atoms with Crippen molar-refractivity contribution in [2.45, 2.75) is 37.8 Å². The molecule has 1 aromatic carbocycles. The van der Waals surface area contributed by atoms with Gasteiger partial charge in [-0.25, -0.2) is 4.79 Å². The van der Waals surface area contributed by atoms with Crippen LogP contribution in [0.25, 0.3) is 0 Å². The summed E-state index contributed by atoms with van der Waals surface area (Å²) >= 11 is 0. The number of carboxylic acids is 1. The quantitative estimate of drug-likeness (QED) is 0.628. The van der Waals surface area contributed by atoms with Crippen molar-refractivity contribution in [3.63, 3.8) is 0 Å². The van der Waals surface area contributed by atoms with Crippen molar-refractivity contribution >= 4 is 17.6 Å². The first-order chi connectivity index (χ1) is 11.4. The maximum atomic E-state index is 12.4. The summed E-state index contributed by atoms with van der Waals surface area (Å²) in [6.45, 7) is 0.571. The second kappa shape index (κ2) is 6.56. The number of hydrogen-bond acceptors (Lipinski definition) is 5. The smallest absolute Gasteiger partial charge is 0.335 e. The first kappa shape index (κ1) is 16.4. The number of aromatic carboxylic acids is 1. The molecule has 2 aliphatic rings. The van der Waals surface area contributed by atoms with E-state index < -0.39 is 22.5 Å². The van der Waals surface area contributed by atoms with Crippen molar-refractivity contribution in [1.82, 2.24) is 5.32 Å². The van der Waals surface area contributed by atoms with E-state index in [1.165, 1.54) is 0 Å². The number of nitrogens with zero attached hydrogens (tertiary/aromatic N) is 1. The minimum atomic E-state index is -1.31. The summed E-state index contributed by atoms with van der Waals surface area (Å²) in [6, 6.07) is 3.13. The number of benzene rings is 1. The van der Waals surface area contributed by atoms with E-state index in [1.807, 2.05) is 0 Å². The molecule has 1 aliphatic carbocycles. The Labute approximate surface area is 138 Å². The molecule has 0 radical (unpaired) electrons. The van der Waals surface area contributed by atoms with Gasteiger partial charge >= 0.3 is 5.97 Å². The molecule has 0 bridgehead atoms. The lowest BCUT2D eigenvalue weighted by molar-refractivity contribution is -0.384. The molecule has 2 fully saturated rings. The van der Waals surface area contributed by atoms with E-state index in [-0.39, 0.29) is 23.3 Å². The first-order valence-electron chi connectivity index (χ1n) is 7.89. The minimum Gasteiger partial charge on any atom is -0.478 e. The predicted molar refractivity (Wildman–Crippen MR) is 83.0 cm³/mol. The van der Waals surface area contributed by atoms with Gasteiger partial charge in [-0.05, 0) is 37.7 Å². The number of carbonyl (C=O) groups is 2. The lowest BCUT2D eigenvalue weighted by Gasteiger charge is -2.30. The van der Waals surface area contributed by atoms with E-state index in [0.29, 0.717) is 18.9 Å². The Morgan fingerprint density at radius 3 is 2.54 bits per heavy atom. The van der Waals surface area contributed by atoms with Gasteiger partial charge in [0, 0.05) is 30.3 Å². The van der Waals surface area contributed by atoms with Gasteiger partial charge in [-0.3, -0.25) is 14.9 Å². The molecule has 2 N–H and O–H groups in total. The van der Waals surface area contributed by atoms with Gasteiger partial charge in [-0.2, -0.15) is 0 Å². The molecule has 2 atom stereocenters. The summed E-state index contributed by atoms with van der Waals surface area (Å²) in [4.78, 5) is 33.7. The van der Waals surface area contributed by atoms with Crippen LogP contribution in [0, 0.1) is 16.0 Å². The summed E-state index contributed by atoms with van der Waals surface area (Å²) in [5.41, 5.74) is -0.712. The highest BCUT2D eigenvalue weighted by Crippen LogP contribution is 2.38. The van der Waals surface area contributed by atoms with Gasteiger partial charge in [0.25, 0.3) is 11.6 Å². The van der Waals surface area contributed by atoms with Gasteiger partial charge in [0.2, 0.25) is 0 Å². The van der Waals surface area contributed by atoms with Crippen LogP contribution in [0.4, 0.5) is 5.69 Å². The van der Waals surface area contributed by atoms with Crippen LogP contribution >= 0.6 is 0 Å². The van der Waals surface area contributed by atoms with Gasteiger partial charge in [-0.1, -0.05) is 0 Å². The van der Waals surface area contributed by atoms with E-state index in [9.17, 15) is 19.7 Å². The molecule has 1 aliphatic heterocycles. The van der Waals surface area contributed by atoms with Gasteiger partial charge in [-0.15, -0.1) is 0 Å². The Balaban J connectivity index is 1.73. The fourth-order valence-electron chi connectivity index (χ4n) is 3.00. The molecular formula is C16H18N2O6. The number of amides is 1. The lowest BCUT2D eigenvalue weighted by Crippen LogP contribution is -2.42. The van der Waals surface area contributed by atoms with Crippen LogP contribution in [0.2, 0.25) is 0 Å². The third-order valence-corrected chi connectivity index (χ3v) is 4.44. The van der Waals surface area contributed by atoms with Crippen molar-refractivity contribution in [3.8, 4) is 0 Å². The zero-order valence-corrected chi connectivity index (χ0v) is 12.9. The van der Waals surface area contributed by atoms with Crippen molar-refractivity contribution < 1.29 is 24.4 Å². The molecule has 2 unspecified atom stereocenters. The van der Waals surface area contributed by atoms with Crippen LogP contribution in [-0.4, -0.2) is 40.7 Å². The standard InChI is InChI=1S/C16H18N2O6/c19-15(17-12-3-4-24-14(8-12)9-1-2-9)10-5-11(16(20)21)7-13(6-10)18(22)23/h5-7,9,12,14H,1-4,8H2,(H,17,19)(H,20,21). The molecule has 1 aromatic rings. The van der Waals surface area contributed by atoms with Crippen LogP contribution in [0.3, 0.4) is 0 Å². The number of ether oxygens (including phenoxy) is 1. The fourth-order valence-corrected chi connectivity index (χ4v) is 3.00. The van der Waals surface area contributed by atoms with Crippen LogP contribution < -0.4 is 5.32 Å². The van der Waals surface area contributed by atoms with Crippen molar-refractivity contribution in [2.24, 2.45) is 5.92 Å². The molecule has 24 heavy (non-hydrogen) atoms. The van der Waals surface area contributed by atoms with E-state index >= 15 is 0 Å². The third kappa shape index (κ3) is 3.70. The van der Waals surface area contributed by atoms with E-state index in [0.717, 1.165) is 37.5 Å². The Kier molecular flexibility index (Phi) is 4.48. The summed E-state index contributed by atoms with van der Waals surface area (Å²) in [5, 5.41) is 22.8. The highest BCUT2D eigenvalue weighted by molar-refractivity contribution is 5.98. The molecular weight excluding hydrogens is 316 g/mol. The second-order valence-electron chi connectivity index (χ2n) is 6.27. The molecule has 1 amide bonds. The lowest BCUT2D eigenvalue weighted by atomic mass is 9.99. The van der Waals surface area contributed by atoms with Crippen molar-refractivity contribution in [2.75, 3.05) is 6.61 Å². The SMILES string of the molecule is O=C(O)c1cc(C(=O)NC2CCOC(C3CC3)C2)cc([N+](=O)[O-])c1. The minimum absolute atomic E-state index is 0.0175. The molecule has 8 nitrogen and oxygen atoms in total. The first-order valence-corrected chi connectivity index (χ1v) is 7.89. The summed E-state index contributed by atoms with van der Waals surface area (Å²) in [5.74, 6) is -1.24. The maximum Gasteiger partial charge on any atom is 0.335 e. The van der Waals surface area contributed by atoms with Gasteiger partial charge in [0.15, 0.2) is 0 Å². The zero-order chi connectivity index (χ0) is 17.3. The largest absolute Gasteiger partial charge is 0.478 e. The Morgan fingerprint density at radius 2 is 1.92 bits per heavy atom. The monoisotopic (exact) mass is 334 g/mol. The number of nitro groups is 1. The number of carboxylic acid groups (broad SMARTS) is 1. The average molecular weight is 334 g/mol. The second-order valence-corrected chi connectivity index (χ2v) is 6.27. The normalized spacial score (nSPS) is 23.5. The molecule has 3 rings (SSSR count). The van der Waals surface area contributed by atoms with Crippen molar-refractivity contribution in [3.05, 3.63) is 39.4 Å². The number of rotatable bonds is 5. The van der Waals surface area contributed by atoms with E-state index in [1.54, 1.807) is 0 Å². The fraction of sp³-hybridized carbons (Fsp3) is 0.500. The van der Waals surface area contributed by atoms with Gasteiger partial charge in [0.1, 0.15) is 0 Å². The molecule has 8 heteroatoms. The number of nitro benzene ring substituents is 1. The molecule has 1 heterocycles. The molecule has 0 spiro atoms. The topological polar surface area (TPSA) is 119 Å². The maximum absolute atomic E-state index is 12.4. The van der Waals surface area contributed by atoms with Crippen molar-refractivity contribution in [1.29, 1.82) is 0 Å². The van der Waals surface area contributed by atoms with Crippen LogP contribution in [0.5, 0.6) is 0 Å².